The van der Waals surface area contributed by atoms with Gasteiger partial charge in [0.05, 0.1) is 35.6 Å². The van der Waals surface area contributed by atoms with Gasteiger partial charge in [-0.05, 0) is 31.0 Å². The zero-order chi connectivity index (χ0) is 12.5. The number of fused-ring (bicyclic) bond motifs is 1. The molecular formula is C13H14N2O3. The maximum Gasteiger partial charge on any atom is 0.335 e. The van der Waals surface area contributed by atoms with Gasteiger partial charge in [-0.2, -0.15) is 0 Å². The summed E-state index contributed by atoms with van der Waals surface area (Å²) in [7, 11) is 0. The van der Waals surface area contributed by atoms with Gasteiger partial charge in [-0.1, -0.05) is 0 Å². The smallest absolute Gasteiger partial charge is 0.335 e. The van der Waals surface area contributed by atoms with E-state index in [0.29, 0.717) is 5.52 Å². The monoisotopic (exact) mass is 246 g/mol. The van der Waals surface area contributed by atoms with E-state index >= 15 is 0 Å². The summed E-state index contributed by atoms with van der Waals surface area (Å²) >= 11 is 0. The third-order valence-corrected chi connectivity index (χ3v) is 3.29. The van der Waals surface area contributed by atoms with E-state index in [2.05, 4.69) is 4.98 Å². The van der Waals surface area contributed by atoms with Gasteiger partial charge in [0.15, 0.2) is 0 Å². The van der Waals surface area contributed by atoms with E-state index in [1.54, 1.807) is 24.5 Å². The molecule has 5 nitrogen and oxygen atoms in total. The van der Waals surface area contributed by atoms with Crippen LogP contribution in [-0.2, 0) is 11.3 Å². The fourth-order valence-corrected chi connectivity index (χ4v) is 2.35. The molecule has 0 aliphatic carbocycles. The first kappa shape index (κ1) is 11.2. The van der Waals surface area contributed by atoms with Gasteiger partial charge in [-0.3, -0.25) is 0 Å². The second-order valence-electron chi connectivity index (χ2n) is 4.54. The lowest BCUT2D eigenvalue weighted by atomic mass is 10.2. The largest absolute Gasteiger partial charge is 0.478 e. The Morgan fingerprint density at radius 2 is 2.44 bits per heavy atom. The molecule has 2 aromatic rings. The van der Waals surface area contributed by atoms with E-state index in [9.17, 15) is 4.79 Å². The van der Waals surface area contributed by atoms with Crippen LogP contribution in [0.2, 0.25) is 0 Å². The summed E-state index contributed by atoms with van der Waals surface area (Å²) in [6.45, 7) is 1.61. The molecule has 0 amide bonds. The van der Waals surface area contributed by atoms with Gasteiger partial charge in [0.2, 0.25) is 0 Å². The van der Waals surface area contributed by atoms with Crippen LogP contribution in [-0.4, -0.2) is 33.3 Å². The zero-order valence-electron chi connectivity index (χ0n) is 9.87. The molecule has 1 N–H and O–H groups in total. The SMILES string of the molecule is O=C(O)c1ccc2c(c1)ncn2C[C@H]1CCCO1. The Hall–Kier alpha value is -1.88. The van der Waals surface area contributed by atoms with Crippen molar-refractivity contribution in [3.05, 3.63) is 30.1 Å². The van der Waals surface area contributed by atoms with Crippen molar-refractivity contribution in [1.82, 2.24) is 9.55 Å². The number of ether oxygens (including phenoxy) is 1. The van der Waals surface area contributed by atoms with Gasteiger partial charge in [-0.25, -0.2) is 9.78 Å². The first-order valence-corrected chi connectivity index (χ1v) is 6.04. The summed E-state index contributed by atoms with van der Waals surface area (Å²) < 4.78 is 7.62. The predicted octanol–water partition coefficient (Wildman–Crippen LogP) is 1.91. The lowest BCUT2D eigenvalue weighted by Gasteiger charge is -2.10. The maximum absolute atomic E-state index is 10.9. The van der Waals surface area contributed by atoms with Crippen LogP contribution >= 0.6 is 0 Å². The van der Waals surface area contributed by atoms with E-state index in [1.807, 2.05) is 4.57 Å². The number of hydrogen-bond donors (Lipinski definition) is 1. The molecule has 3 rings (SSSR count). The Bertz CT molecular complexity index is 585. The molecular weight excluding hydrogens is 232 g/mol. The third-order valence-electron chi connectivity index (χ3n) is 3.29. The van der Waals surface area contributed by atoms with Crippen LogP contribution in [0.15, 0.2) is 24.5 Å². The topological polar surface area (TPSA) is 64.3 Å². The molecule has 0 bridgehead atoms. The number of aromatic nitrogens is 2. The molecule has 1 aromatic carbocycles. The van der Waals surface area contributed by atoms with Crippen LogP contribution in [0, 0.1) is 0 Å². The number of rotatable bonds is 3. The third kappa shape index (κ3) is 1.97. The van der Waals surface area contributed by atoms with Gasteiger partial charge in [0.1, 0.15) is 0 Å². The number of benzene rings is 1. The number of carbonyl (C=O) groups is 1. The molecule has 0 unspecified atom stereocenters. The highest BCUT2D eigenvalue weighted by molar-refractivity contribution is 5.92. The minimum Gasteiger partial charge on any atom is -0.478 e. The molecule has 1 atom stereocenters. The molecule has 5 heteroatoms. The predicted molar refractivity (Wildman–Crippen MR) is 65.7 cm³/mol. The zero-order valence-corrected chi connectivity index (χ0v) is 9.87. The highest BCUT2D eigenvalue weighted by Crippen LogP contribution is 2.19. The van der Waals surface area contributed by atoms with Crippen LogP contribution < -0.4 is 0 Å². The normalized spacial score (nSPS) is 19.4. The molecule has 2 heterocycles. The van der Waals surface area contributed by atoms with Crippen molar-refractivity contribution in [3.8, 4) is 0 Å². The number of hydrogen-bond acceptors (Lipinski definition) is 3. The van der Waals surface area contributed by atoms with Gasteiger partial charge < -0.3 is 14.4 Å². The highest BCUT2D eigenvalue weighted by atomic mass is 16.5. The highest BCUT2D eigenvalue weighted by Gasteiger charge is 2.17. The summed E-state index contributed by atoms with van der Waals surface area (Å²) in [5.41, 5.74) is 1.94. The molecule has 1 aliphatic rings. The van der Waals surface area contributed by atoms with E-state index < -0.39 is 5.97 Å². The van der Waals surface area contributed by atoms with Gasteiger partial charge in [0, 0.05) is 6.61 Å². The van der Waals surface area contributed by atoms with Crippen LogP contribution in [0.4, 0.5) is 0 Å². The molecule has 1 aromatic heterocycles. The van der Waals surface area contributed by atoms with E-state index in [4.69, 9.17) is 9.84 Å². The Kier molecular flexibility index (Phi) is 2.76. The molecule has 0 saturated carbocycles. The second kappa shape index (κ2) is 4.42. The van der Waals surface area contributed by atoms with E-state index in [-0.39, 0.29) is 11.7 Å². The summed E-state index contributed by atoms with van der Waals surface area (Å²) in [6.07, 6.45) is 4.19. The quantitative estimate of drug-likeness (QED) is 0.898. The number of imidazole rings is 1. The molecule has 0 spiro atoms. The van der Waals surface area contributed by atoms with E-state index in [1.165, 1.54) is 0 Å². The number of nitrogens with zero attached hydrogens (tertiary/aromatic N) is 2. The first-order valence-electron chi connectivity index (χ1n) is 6.04. The molecule has 1 saturated heterocycles. The van der Waals surface area contributed by atoms with Crippen molar-refractivity contribution in [3.63, 3.8) is 0 Å². The summed E-state index contributed by atoms with van der Waals surface area (Å²) in [6, 6.07) is 5.02. The van der Waals surface area contributed by atoms with E-state index in [0.717, 1.165) is 31.5 Å². The fraction of sp³-hybridized carbons (Fsp3) is 0.385. The number of carboxylic acids is 1. The van der Waals surface area contributed by atoms with Crippen molar-refractivity contribution >= 4 is 17.0 Å². The van der Waals surface area contributed by atoms with Crippen LogP contribution in [0.1, 0.15) is 23.2 Å². The van der Waals surface area contributed by atoms with Gasteiger partial charge in [-0.15, -0.1) is 0 Å². The maximum atomic E-state index is 10.9. The van der Waals surface area contributed by atoms with Crippen LogP contribution in [0.25, 0.3) is 11.0 Å². The summed E-state index contributed by atoms with van der Waals surface area (Å²) in [4.78, 5) is 15.1. The first-order chi connectivity index (χ1) is 8.74. The molecule has 18 heavy (non-hydrogen) atoms. The van der Waals surface area contributed by atoms with Crippen molar-refractivity contribution in [2.75, 3.05) is 6.61 Å². The second-order valence-corrected chi connectivity index (χ2v) is 4.54. The molecule has 0 radical (unpaired) electrons. The Balaban J connectivity index is 1.91. The van der Waals surface area contributed by atoms with Crippen molar-refractivity contribution in [1.29, 1.82) is 0 Å². The Morgan fingerprint density at radius 1 is 1.56 bits per heavy atom. The average Bonchev–Trinajstić information content (AvgIpc) is 2.99. The minimum absolute atomic E-state index is 0.251. The molecule has 94 valence electrons. The van der Waals surface area contributed by atoms with Gasteiger partial charge in [0.25, 0.3) is 0 Å². The molecule has 1 aliphatic heterocycles. The Morgan fingerprint density at radius 3 is 3.17 bits per heavy atom. The standard InChI is InChI=1S/C13H14N2O3/c16-13(17)9-3-4-12-11(6-9)14-8-15(12)7-10-2-1-5-18-10/h3-4,6,8,10H,1-2,5,7H2,(H,16,17)/t10-/m1/s1. The Labute approximate surface area is 104 Å². The van der Waals surface area contributed by atoms with Crippen molar-refractivity contribution < 1.29 is 14.6 Å². The summed E-state index contributed by atoms with van der Waals surface area (Å²) in [5, 5.41) is 8.93. The van der Waals surface area contributed by atoms with Crippen molar-refractivity contribution in [2.24, 2.45) is 0 Å². The lowest BCUT2D eigenvalue weighted by Crippen LogP contribution is -2.14. The van der Waals surface area contributed by atoms with Crippen molar-refractivity contribution in [2.45, 2.75) is 25.5 Å². The average molecular weight is 246 g/mol. The lowest BCUT2D eigenvalue weighted by molar-refractivity contribution is 0.0697. The number of aromatic carboxylic acids is 1. The fourth-order valence-electron chi connectivity index (χ4n) is 2.35. The molecule has 1 fully saturated rings. The van der Waals surface area contributed by atoms with Gasteiger partial charge >= 0.3 is 5.97 Å². The minimum atomic E-state index is -0.925. The van der Waals surface area contributed by atoms with Crippen LogP contribution in [0.5, 0.6) is 0 Å². The van der Waals surface area contributed by atoms with Crippen LogP contribution in [0.3, 0.4) is 0 Å². The number of carboxylic acid groups (broad SMARTS) is 1. The summed E-state index contributed by atoms with van der Waals surface area (Å²) in [5.74, 6) is -0.925.